The van der Waals surface area contributed by atoms with Crippen molar-refractivity contribution < 1.29 is 5.11 Å². The van der Waals surface area contributed by atoms with Crippen LogP contribution in [-0.2, 0) is 12.8 Å². The van der Waals surface area contributed by atoms with Gasteiger partial charge in [0, 0.05) is 6.61 Å². The molecule has 1 aliphatic carbocycles. The molecule has 0 fully saturated rings. The molecule has 0 aromatic heterocycles. The van der Waals surface area contributed by atoms with Crippen LogP contribution in [0.25, 0.3) is 0 Å². The summed E-state index contributed by atoms with van der Waals surface area (Å²) < 4.78 is 0. The molecule has 14 heavy (non-hydrogen) atoms. The standard InChI is InChI=1S/C13H18O/c1-9-4-10(2)12-7-13(3,8-14)6-11(12)5-9/h4-5,14H,6-8H2,1-3H3. The number of hydrogen-bond donors (Lipinski definition) is 1. The van der Waals surface area contributed by atoms with Gasteiger partial charge in [-0.25, -0.2) is 0 Å². The number of rotatable bonds is 1. The predicted octanol–water partition coefficient (Wildman–Crippen LogP) is 2.40. The van der Waals surface area contributed by atoms with Crippen LogP contribution >= 0.6 is 0 Å². The van der Waals surface area contributed by atoms with Gasteiger partial charge in [-0.1, -0.05) is 24.6 Å². The summed E-state index contributed by atoms with van der Waals surface area (Å²) in [5, 5.41) is 9.36. The van der Waals surface area contributed by atoms with Crippen molar-refractivity contribution in [2.75, 3.05) is 6.61 Å². The lowest BCUT2D eigenvalue weighted by Gasteiger charge is -2.19. The zero-order chi connectivity index (χ0) is 10.3. The third kappa shape index (κ3) is 1.46. The smallest absolute Gasteiger partial charge is 0.0491 e. The molecule has 1 aromatic rings. The minimum absolute atomic E-state index is 0.0842. The molecule has 0 aliphatic heterocycles. The monoisotopic (exact) mass is 190 g/mol. The van der Waals surface area contributed by atoms with E-state index in [1.165, 1.54) is 22.3 Å². The molecule has 2 rings (SSSR count). The first kappa shape index (κ1) is 9.72. The van der Waals surface area contributed by atoms with Gasteiger partial charge in [0.2, 0.25) is 0 Å². The molecule has 0 radical (unpaired) electrons. The van der Waals surface area contributed by atoms with Gasteiger partial charge in [-0.15, -0.1) is 0 Å². The van der Waals surface area contributed by atoms with Crippen molar-refractivity contribution in [1.82, 2.24) is 0 Å². The van der Waals surface area contributed by atoms with Crippen molar-refractivity contribution in [3.63, 3.8) is 0 Å². The van der Waals surface area contributed by atoms with E-state index in [2.05, 4.69) is 32.9 Å². The molecule has 1 N–H and O–H groups in total. The van der Waals surface area contributed by atoms with Gasteiger partial charge in [-0.05, 0) is 48.8 Å². The van der Waals surface area contributed by atoms with Crippen molar-refractivity contribution in [2.24, 2.45) is 5.41 Å². The lowest BCUT2D eigenvalue weighted by Crippen LogP contribution is -2.21. The van der Waals surface area contributed by atoms with Gasteiger partial charge in [-0.3, -0.25) is 0 Å². The van der Waals surface area contributed by atoms with Crippen molar-refractivity contribution in [3.8, 4) is 0 Å². The number of aryl methyl sites for hydroxylation is 2. The maximum atomic E-state index is 9.36. The third-order valence-corrected chi connectivity index (χ3v) is 3.31. The number of aliphatic hydroxyl groups excluding tert-OH is 1. The van der Waals surface area contributed by atoms with Crippen LogP contribution < -0.4 is 0 Å². The summed E-state index contributed by atoms with van der Waals surface area (Å²) in [4.78, 5) is 0. The van der Waals surface area contributed by atoms with Gasteiger partial charge in [-0.2, -0.15) is 0 Å². The second-order valence-electron chi connectivity index (χ2n) is 5.04. The topological polar surface area (TPSA) is 20.2 Å². The third-order valence-electron chi connectivity index (χ3n) is 3.31. The lowest BCUT2D eigenvalue weighted by molar-refractivity contribution is 0.152. The summed E-state index contributed by atoms with van der Waals surface area (Å²) in [5.74, 6) is 0. The molecule has 0 saturated heterocycles. The Kier molecular flexibility index (Phi) is 2.15. The number of aliphatic hydroxyl groups is 1. The highest BCUT2D eigenvalue weighted by molar-refractivity contribution is 5.42. The van der Waals surface area contributed by atoms with Gasteiger partial charge in [0.25, 0.3) is 0 Å². The summed E-state index contributed by atoms with van der Waals surface area (Å²) in [7, 11) is 0. The Morgan fingerprint density at radius 3 is 2.64 bits per heavy atom. The Balaban J connectivity index is 2.44. The van der Waals surface area contributed by atoms with E-state index in [1.54, 1.807) is 0 Å². The van der Waals surface area contributed by atoms with Crippen LogP contribution in [0.1, 0.15) is 29.2 Å². The fraction of sp³-hybridized carbons (Fsp3) is 0.538. The van der Waals surface area contributed by atoms with Crippen LogP contribution in [0, 0.1) is 19.3 Å². The van der Waals surface area contributed by atoms with Crippen LogP contribution in [0.3, 0.4) is 0 Å². The SMILES string of the molecule is Cc1cc(C)c2c(c1)CC(C)(CO)C2. The molecule has 1 heteroatoms. The fourth-order valence-electron chi connectivity index (χ4n) is 2.56. The van der Waals surface area contributed by atoms with E-state index in [9.17, 15) is 5.11 Å². The van der Waals surface area contributed by atoms with Crippen LogP contribution in [0.4, 0.5) is 0 Å². The van der Waals surface area contributed by atoms with E-state index in [1.807, 2.05) is 0 Å². The van der Waals surface area contributed by atoms with Gasteiger partial charge < -0.3 is 5.11 Å². The summed E-state index contributed by atoms with van der Waals surface area (Å²) in [6, 6.07) is 4.51. The maximum Gasteiger partial charge on any atom is 0.0491 e. The number of fused-ring (bicyclic) bond motifs is 1. The average Bonchev–Trinajstić information content (AvgIpc) is 2.43. The second-order valence-corrected chi connectivity index (χ2v) is 5.04. The molecule has 1 atom stereocenters. The van der Waals surface area contributed by atoms with Gasteiger partial charge in [0.1, 0.15) is 0 Å². The van der Waals surface area contributed by atoms with Gasteiger partial charge in [0.05, 0.1) is 0 Å². The first-order valence-corrected chi connectivity index (χ1v) is 5.24. The lowest BCUT2D eigenvalue weighted by atomic mass is 9.88. The minimum Gasteiger partial charge on any atom is -0.396 e. The molecule has 1 aliphatic rings. The zero-order valence-corrected chi connectivity index (χ0v) is 9.22. The van der Waals surface area contributed by atoms with Crippen LogP contribution in [0.5, 0.6) is 0 Å². The minimum atomic E-state index is 0.0842. The predicted molar refractivity (Wildman–Crippen MR) is 58.5 cm³/mol. The number of hydrogen-bond acceptors (Lipinski definition) is 1. The quantitative estimate of drug-likeness (QED) is 0.721. The molecule has 76 valence electrons. The highest BCUT2D eigenvalue weighted by Gasteiger charge is 2.32. The van der Waals surface area contributed by atoms with Crippen molar-refractivity contribution in [2.45, 2.75) is 33.6 Å². The van der Waals surface area contributed by atoms with Crippen LogP contribution in [-0.4, -0.2) is 11.7 Å². The van der Waals surface area contributed by atoms with E-state index in [0.29, 0.717) is 6.61 Å². The summed E-state index contributed by atoms with van der Waals surface area (Å²) in [6.07, 6.45) is 2.06. The normalized spacial score (nSPS) is 25.1. The number of benzene rings is 1. The van der Waals surface area contributed by atoms with E-state index in [0.717, 1.165) is 12.8 Å². The largest absolute Gasteiger partial charge is 0.396 e. The molecule has 0 amide bonds. The maximum absolute atomic E-state index is 9.36. The average molecular weight is 190 g/mol. The molecule has 0 bridgehead atoms. The first-order valence-electron chi connectivity index (χ1n) is 5.24. The molecule has 0 heterocycles. The summed E-state index contributed by atoms with van der Waals surface area (Å²) in [6.45, 7) is 6.78. The van der Waals surface area contributed by atoms with Crippen LogP contribution in [0.2, 0.25) is 0 Å². The Morgan fingerprint density at radius 2 is 2.00 bits per heavy atom. The molecule has 1 nitrogen and oxygen atoms in total. The molecular formula is C13H18O. The Morgan fingerprint density at radius 1 is 1.29 bits per heavy atom. The van der Waals surface area contributed by atoms with E-state index >= 15 is 0 Å². The molecule has 1 aromatic carbocycles. The molecule has 1 unspecified atom stereocenters. The van der Waals surface area contributed by atoms with Crippen molar-refractivity contribution >= 4 is 0 Å². The summed E-state index contributed by atoms with van der Waals surface area (Å²) >= 11 is 0. The van der Waals surface area contributed by atoms with E-state index < -0.39 is 0 Å². The summed E-state index contributed by atoms with van der Waals surface area (Å²) in [5.41, 5.74) is 5.72. The Labute approximate surface area is 85.8 Å². The highest BCUT2D eigenvalue weighted by Crippen LogP contribution is 2.38. The molecule has 0 saturated carbocycles. The Bertz CT molecular complexity index is 368. The first-order chi connectivity index (χ1) is 6.54. The molecule has 0 spiro atoms. The molecular weight excluding hydrogens is 172 g/mol. The van der Waals surface area contributed by atoms with Crippen LogP contribution in [0.15, 0.2) is 12.1 Å². The van der Waals surface area contributed by atoms with Crippen molar-refractivity contribution in [3.05, 3.63) is 34.4 Å². The van der Waals surface area contributed by atoms with E-state index in [4.69, 9.17) is 0 Å². The van der Waals surface area contributed by atoms with Gasteiger partial charge in [0.15, 0.2) is 0 Å². The highest BCUT2D eigenvalue weighted by atomic mass is 16.3. The van der Waals surface area contributed by atoms with Gasteiger partial charge >= 0.3 is 0 Å². The van der Waals surface area contributed by atoms with E-state index in [-0.39, 0.29) is 5.41 Å². The zero-order valence-electron chi connectivity index (χ0n) is 9.22. The Hall–Kier alpha value is -0.820. The second kappa shape index (κ2) is 3.09. The van der Waals surface area contributed by atoms with Crippen molar-refractivity contribution in [1.29, 1.82) is 0 Å². The fourth-order valence-corrected chi connectivity index (χ4v) is 2.56.